The van der Waals surface area contributed by atoms with Crippen molar-refractivity contribution >= 4 is 23.9 Å². The Morgan fingerprint density at radius 3 is 2.52 bits per heavy atom. The molecule has 0 aliphatic rings. The largest absolute Gasteiger partial charge is 0.490 e. The average molecular weight is 387 g/mol. The number of thioether (sulfide) groups is 1. The maximum Gasteiger partial charge on any atom is 0.252 e. The molecular formula is C21H26N2O3S. The SMILES string of the molecule is CCOc1ccc(C=NNC(=O)[C@@H](C)SCc2ccccc2)cc1OCC. The third kappa shape index (κ3) is 6.98. The predicted octanol–water partition coefficient (Wildman–Crippen LogP) is 4.26. The van der Waals surface area contributed by atoms with Crippen molar-refractivity contribution in [3.05, 3.63) is 59.7 Å². The second-order valence-corrected chi connectivity index (χ2v) is 7.07. The first-order valence-electron chi connectivity index (χ1n) is 9.02. The van der Waals surface area contributed by atoms with Crippen LogP contribution in [-0.4, -0.2) is 30.6 Å². The van der Waals surface area contributed by atoms with E-state index in [-0.39, 0.29) is 11.2 Å². The highest BCUT2D eigenvalue weighted by Gasteiger charge is 2.12. The van der Waals surface area contributed by atoms with Gasteiger partial charge in [-0.25, -0.2) is 5.43 Å². The van der Waals surface area contributed by atoms with E-state index in [0.29, 0.717) is 24.7 Å². The monoisotopic (exact) mass is 386 g/mol. The van der Waals surface area contributed by atoms with Gasteiger partial charge in [0.25, 0.3) is 5.91 Å². The first kappa shape index (κ1) is 20.8. The van der Waals surface area contributed by atoms with Gasteiger partial charge in [0.1, 0.15) is 0 Å². The summed E-state index contributed by atoms with van der Waals surface area (Å²) in [7, 11) is 0. The molecule has 0 heterocycles. The van der Waals surface area contributed by atoms with E-state index in [1.807, 2.05) is 57.2 Å². The van der Waals surface area contributed by atoms with Gasteiger partial charge >= 0.3 is 0 Å². The number of benzene rings is 2. The zero-order valence-electron chi connectivity index (χ0n) is 16.0. The minimum Gasteiger partial charge on any atom is -0.490 e. The quantitative estimate of drug-likeness (QED) is 0.490. The molecule has 0 unspecified atom stereocenters. The summed E-state index contributed by atoms with van der Waals surface area (Å²) >= 11 is 1.58. The van der Waals surface area contributed by atoms with Crippen LogP contribution in [0.1, 0.15) is 31.9 Å². The molecule has 0 radical (unpaired) electrons. The summed E-state index contributed by atoms with van der Waals surface area (Å²) in [5, 5.41) is 3.87. The van der Waals surface area contributed by atoms with Crippen molar-refractivity contribution in [3.63, 3.8) is 0 Å². The summed E-state index contributed by atoms with van der Waals surface area (Å²) in [5.41, 5.74) is 4.62. The highest BCUT2D eigenvalue weighted by atomic mass is 32.2. The lowest BCUT2D eigenvalue weighted by atomic mass is 10.2. The molecule has 144 valence electrons. The lowest BCUT2D eigenvalue weighted by molar-refractivity contribution is -0.120. The minimum absolute atomic E-state index is 0.122. The molecule has 0 aromatic heterocycles. The molecule has 0 fully saturated rings. The van der Waals surface area contributed by atoms with E-state index in [0.717, 1.165) is 11.3 Å². The summed E-state index contributed by atoms with van der Waals surface area (Å²) < 4.78 is 11.1. The Morgan fingerprint density at radius 1 is 1.11 bits per heavy atom. The molecule has 0 aliphatic heterocycles. The Balaban J connectivity index is 1.88. The van der Waals surface area contributed by atoms with Crippen LogP contribution in [0.4, 0.5) is 0 Å². The molecule has 0 bridgehead atoms. The van der Waals surface area contributed by atoms with Gasteiger partial charge in [0, 0.05) is 5.75 Å². The van der Waals surface area contributed by atoms with Gasteiger partial charge in [0.15, 0.2) is 11.5 Å². The Hall–Kier alpha value is -2.47. The van der Waals surface area contributed by atoms with Crippen molar-refractivity contribution in [2.24, 2.45) is 5.10 Å². The number of nitrogens with zero attached hydrogens (tertiary/aromatic N) is 1. The summed E-state index contributed by atoms with van der Waals surface area (Å²) in [6.07, 6.45) is 1.60. The molecule has 2 rings (SSSR count). The van der Waals surface area contributed by atoms with Gasteiger partial charge in [-0.3, -0.25) is 4.79 Å². The van der Waals surface area contributed by atoms with Gasteiger partial charge in [-0.2, -0.15) is 5.10 Å². The van der Waals surface area contributed by atoms with Crippen LogP contribution in [0.2, 0.25) is 0 Å². The van der Waals surface area contributed by atoms with E-state index in [2.05, 4.69) is 22.7 Å². The summed E-state index contributed by atoms with van der Waals surface area (Å²) in [6.45, 7) is 6.85. The molecule has 0 aliphatic carbocycles. The fourth-order valence-electron chi connectivity index (χ4n) is 2.28. The van der Waals surface area contributed by atoms with E-state index in [1.54, 1.807) is 18.0 Å². The van der Waals surface area contributed by atoms with Crippen LogP contribution < -0.4 is 14.9 Å². The molecule has 5 nitrogen and oxygen atoms in total. The summed E-state index contributed by atoms with van der Waals surface area (Å²) in [6, 6.07) is 15.6. The van der Waals surface area contributed by atoms with Crippen molar-refractivity contribution in [2.45, 2.75) is 31.8 Å². The number of carbonyl (C=O) groups is 1. The van der Waals surface area contributed by atoms with Crippen LogP contribution >= 0.6 is 11.8 Å². The van der Waals surface area contributed by atoms with Crippen LogP contribution in [-0.2, 0) is 10.5 Å². The van der Waals surface area contributed by atoms with E-state index >= 15 is 0 Å². The predicted molar refractivity (Wildman–Crippen MR) is 112 cm³/mol. The Labute approximate surface area is 165 Å². The number of hydrogen-bond donors (Lipinski definition) is 1. The molecule has 0 saturated carbocycles. The lowest BCUT2D eigenvalue weighted by Gasteiger charge is -2.11. The van der Waals surface area contributed by atoms with Crippen LogP contribution in [0.5, 0.6) is 11.5 Å². The van der Waals surface area contributed by atoms with Crippen molar-refractivity contribution in [2.75, 3.05) is 13.2 Å². The minimum atomic E-state index is -0.193. The van der Waals surface area contributed by atoms with Crippen LogP contribution in [0, 0.1) is 0 Å². The lowest BCUT2D eigenvalue weighted by Crippen LogP contribution is -2.27. The maximum atomic E-state index is 12.2. The van der Waals surface area contributed by atoms with E-state index in [1.165, 1.54) is 5.56 Å². The first-order chi connectivity index (χ1) is 13.1. The highest BCUT2D eigenvalue weighted by Crippen LogP contribution is 2.28. The van der Waals surface area contributed by atoms with E-state index < -0.39 is 0 Å². The number of rotatable bonds is 10. The van der Waals surface area contributed by atoms with Gasteiger partial charge in [-0.15, -0.1) is 11.8 Å². The molecule has 1 N–H and O–H groups in total. The van der Waals surface area contributed by atoms with Crippen LogP contribution in [0.15, 0.2) is 53.6 Å². The first-order valence-corrected chi connectivity index (χ1v) is 10.1. The fraction of sp³-hybridized carbons (Fsp3) is 0.333. The zero-order valence-corrected chi connectivity index (χ0v) is 16.8. The molecule has 0 spiro atoms. The number of hydrazone groups is 1. The maximum absolute atomic E-state index is 12.2. The molecule has 6 heteroatoms. The second kappa shape index (κ2) is 11.3. The van der Waals surface area contributed by atoms with Crippen molar-refractivity contribution in [1.82, 2.24) is 5.43 Å². The number of hydrogen-bond acceptors (Lipinski definition) is 5. The van der Waals surface area contributed by atoms with Gasteiger partial charge in [0.05, 0.1) is 24.7 Å². The average Bonchev–Trinajstić information content (AvgIpc) is 2.69. The van der Waals surface area contributed by atoms with Crippen molar-refractivity contribution in [3.8, 4) is 11.5 Å². The standard InChI is InChI=1S/C21H26N2O3S/c1-4-25-19-12-11-18(13-20(19)26-5-2)14-22-23-21(24)16(3)27-15-17-9-7-6-8-10-17/h6-14,16H,4-5,15H2,1-3H3,(H,23,24)/t16-/m1/s1. The smallest absolute Gasteiger partial charge is 0.252 e. The molecule has 27 heavy (non-hydrogen) atoms. The number of amides is 1. The van der Waals surface area contributed by atoms with E-state index in [4.69, 9.17) is 9.47 Å². The van der Waals surface area contributed by atoms with Gasteiger partial charge in [-0.05, 0) is 50.1 Å². The molecule has 1 atom stereocenters. The molecule has 1 amide bonds. The van der Waals surface area contributed by atoms with Gasteiger partial charge in [0.2, 0.25) is 0 Å². The summed E-state index contributed by atoms with van der Waals surface area (Å²) in [4.78, 5) is 12.2. The summed E-state index contributed by atoms with van der Waals surface area (Å²) in [5.74, 6) is 2.03. The molecular weight excluding hydrogens is 360 g/mol. The zero-order chi connectivity index (χ0) is 19.5. The van der Waals surface area contributed by atoms with Gasteiger partial charge < -0.3 is 9.47 Å². The third-order valence-corrected chi connectivity index (χ3v) is 4.88. The number of ether oxygens (including phenoxy) is 2. The van der Waals surface area contributed by atoms with Crippen LogP contribution in [0.25, 0.3) is 0 Å². The Bertz CT molecular complexity index is 750. The topological polar surface area (TPSA) is 59.9 Å². The number of nitrogens with one attached hydrogen (secondary N) is 1. The molecule has 2 aromatic carbocycles. The third-order valence-electron chi connectivity index (χ3n) is 3.67. The van der Waals surface area contributed by atoms with Gasteiger partial charge in [-0.1, -0.05) is 30.3 Å². The fourth-order valence-corrected chi connectivity index (χ4v) is 3.12. The Morgan fingerprint density at radius 2 is 1.81 bits per heavy atom. The normalized spacial score (nSPS) is 12.0. The number of carbonyl (C=O) groups excluding carboxylic acids is 1. The van der Waals surface area contributed by atoms with Crippen LogP contribution in [0.3, 0.4) is 0 Å². The highest BCUT2D eigenvalue weighted by molar-refractivity contribution is 7.99. The molecule has 2 aromatic rings. The van der Waals surface area contributed by atoms with Crippen molar-refractivity contribution < 1.29 is 14.3 Å². The molecule has 0 saturated heterocycles. The Kier molecular flexibility index (Phi) is 8.71. The van der Waals surface area contributed by atoms with E-state index in [9.17, 15) is 4.79 Å². The van der Waals surface area contributed by atoms with Crippen molar-refractivity contribution in [1.29, 1.82) is 0 Å². The second-order valence-electron chi connectivity index (χ2n) is 5.75.